The van der Waals surface area contributed by atoms with Crippen LogP contribution >= 0.6 is 15.6 Å². The molecule has 0 saturated carbocycles. The summed E-state index contributed by atoms with van der Waals surface area (Å²) < 4.78 is 68.6. The van der Waals surface area contributed by atoms with Crippen molar-refractivity contribution in [3.8, 4) is 0 Å². The van der Waals surface area contributed by atoms with Gasteiger partial charge in [-0.2, -0.15) is 0 Å². The van der Waals surface area contributed by atoms with E-state index in [1.54, 1.807) is 0 Å². The standard InChI is InChI=1S/C80H156O17P2/c1-7-9-11-13-15-17-19-20-21-22-23-24-27-31-35-39-46-52-58-64-79(84)96-75(68-91-78(83)63-57-51-45-38-34-30-28-25-26-29-33-36-42-48-54-60-72(3)4)70-94-98(86,87)92-66-74(81)67-93-99(88,89)95-71-76(97-80(85)65-59-53-47-41-40-43-49-55-61-73(5)6)69-90-77(82)62-56-50-44-37-32-18-16-14-12-10-8-2/h72-76,81H,7-71H2,1-6H3,(H,86,87)(H,88,89)/t74-,75-,76-/m1/s1. The molecule has 0 bridgehead atoms. The molecule has 0 saturated heterocycles. The van der Waals surface area contributed by atoms with Crippen LogP contribution < -0.4 is 0 Å². The Bertz CT molecular complexity index is 1910. The average Bonchev–Trinajstić information content (AvgIpc) is 1.03. The maximum atomic E-state index is 13.1. The fourth-order valence-corrected chi connectivity index (χ4v) is 13.9. The first-order valence-corrected chi connectivity index (χ1v) is 44.5. The van der Waals surface area contributed by atoms with E-state index in [1.807, 2.05) is 0 Å². The van der Waals surface area contributed by atoms with Crippen LogP contribution in [0.15, 0.2) is 0 Å². The summed E-state index contributed by atoms with van der Waals surface area (Å²) in [6, 6.07) is 0. The second-order valence-electron chi connectivity index (χ2n) is 29.8. The highest BCUT2D eigenvalue weighted by Crippen LogP contribution is 2.45. The van der Waals surface area contributed by atoms with Gasteiger partial charge in [-0.1, -0.05) is 369 Å². The van der Waals surface area contributed by atoms with E-state index in [0.717, 1.165) is 102 Å². The molecule has 19 heteroatoms. The highest BCUT2D eigenvalue weighted by Gasteiger charge is 2.30. The third-order valence-corrected chi connectivity index (χ3v) is 20.6. The van der Waals surface area contributed by atoms with E-state index in [2.05, 4.69) is 41.5 Å². The molecule has 0 aliphatic heterocycles. The summed E-state index contributed by atoms with van der Waals surface area (Å²) in [6.45, 7) is 9.61. The lowest BCUT2D eigenvalue weighted by atomic mass is 10.0. The zero-order valence-corrected chi connectivity index (χ0v) is 66.6. The zero-order valence-electron chi connectivity index (χ0n) is 64.8. The van der Waals surface area contributed by atoms with Crippen molar-refractivity contribution in [2.24, 2.45) is 11.8 Å². The van der Waals surface area contributed by atoms with Gasteiger partial charge in [-0.15, -0.1) is 0 Å². The maximum absolute atomic E-state index is 13.1. The van der Waals surface area contributed by atoms with Gasteiger partial charge in [0, 0.05) is 25.7 Å². The zero-order chi connectivity index (χ0) is 72.8. The van der Waals surface area contributed by atoms with Gasteiger partial charge in [0.1, 0.15) is 19.3 Å². The number of phosphoric ester groups is 2. The van der Waals surface area contributed by atoms with Gasteiger partial charge in [0.25, 0.3) is 0 Å². The van der Waals surface area contributed by atoms with Crippen molar-refractivity contribution in [3.63, 3.8) is 0 Å². The van der Waals surface area contributed by atoms with Crippen LogP contribution in [0.1, 0.15) is 420 Å². The lowest BCUT2D eigenvalue weighted by Gasteiger charge is -2.21. The number of carbonyl (C=O) groups is 4. The fraction of sp³-hybridized carbons (Fsp3) is 0.950. The Labute approximate surface area is 607 Å². The predicted molar refractivity (Wildman–Crippen MR) is 405 cm³/mol. The summed E-state index contributed by atoms with van der Waals surface area (Å²) in [5.41, 5.74) is 0. The van der Waals surface area contributed by atoms with Crippen LogP contribution in [0.2, 0.25) is 0 Å². The first-order valence-electron chi connectivity index (χ1n) is 41.5. The molecule has 0 amide bonds. The largest absolute Gasteiger partial charge is 0.472 e. The number of rotatable bonds is 79. The Morgan fingerprint density at radius 3 is 0.687 bits per heavy atom. The Morgan fingerprint density at radius 1 is 0.273 bits per heavy atom. The van der Waals surface area contributed by atoms with E-state index in [4.69, 9.17) is 37.0 Å². The minimum absolute atomic E-state index is 0.105. The van der Waals surface area contributed by atoms with E-state index >= 15 is 0 Å². The fourth-order valence-electron chi connectivity index (χ4n) is 12.4. The van der Waals surface area contributed by atoms with Crippen molar-refractivity contribution < 1.29 is 80.2 Å². The summed E-state index contributed by atoms with van der Waals surface area (Å²) in [7, 11) is -9.92. The van der Waals surface area contributed by atoms with E-state index in [1.165, 1.54) is 238 Å². The summed E-state index contributed by atoms with van der Waals surface area (Å²) in [6.07, 6.45) is 61.1. The van der Waals surface area contributed by atoms with Crippen LogP contribution in [-0.4, -0.2) is 96.7 Å². The molecule has 0 spiro atoms. The van der Waals surface area contributed by atoms with E-state index in [-0.39, 0.29) is 25.7 Å². The molecular formula is C80H156O17P2. The highest BCUT2D eigenvalue weighted by molar-refractivity contribution is 7.47. The molecule has 0 aromatic heterocycles. The van der Waals surface area contributed by atoms with Gasteiger partial charge in [0.15, 0.2) is 12.2 Å². The summed E-state index contributed by atoms with van der Waals surface area (Å²) in [5, 5.41) is 10.6. The minimum atomic E-state index is -4.96. The van der Waals surface area contributed by atoms with Gasteiger partial charge in [-0.05, 0) is 37.5 Å². The molecule has 99 heavy (non-hydrogen) atoms. The number of phosphoric acid groups is 2. The molecule has 17 nitrogen and oxygen atoms in total. The molecule has 0 aliphatic carbocycles. The first kappa shape index (κ1) is 97.1. The second-order valence-corrected chi connectivity index (χ2v) is 32.7. The smallest absolute Gasteiger partial charge is 0.462 e. The third kappa shape index (κ3) is 74.1. The quantitative estimate of drug-likeness (QED) is 0.0222. The van der Waals surface area contributed by atoms with Crippen LogP contribution in [0.25, 0.3) is 0 Å². The molecule has 0 rings (SSSR count). The number of aliphatic hydroxyl groups is 1. The number of aliphatic hydroxyl groups excluding tert-OH is 1. The summed E-state index contributed by atoms with van der Waals surface area (Å²) in [5.74, 6) is -0.586. The van der Waals surface area contributed by atoms with Crippen molar-refractivity contribution in [2.45, 2.75) is 439 Å². The van der Waals surface area contributed by atoms with Crippen molar-refractivity contribution in [1.82, 2.24) is 0 Å². The number of unbranched alkanes of at least 4 members (excludes halogenated alkanes) is 49. The van der Waals surface area contributed by atoms with Gasteiger partial charge in [0.2, 0.25) is 0 Å². The van der Waals surface area contributed by atoms with Gasteiger partial charge in [0.05, 0.1) is 26.4 Å². The SMILES string of the molecule is CCCCCCCCCCCCCCCCCCCCCC(=O)O[C@H](COC(=O)CCCCCCCCCCCCCCCCCC(C)C)COP(=O)(O)OC[C@@H](O)COP(=O)(O)OC[C@@H](COC(=O)CCCCCCCCCCCCC)OC(=O)CCCCCCCCCCC(C)C. The molecule has 0 heterocycles. The molecule has 588 valence electrons. The predicted octanol–water partition coefficient (Wildman–Crippen LogP) is 23.9. The molecule has 5 atom stereocenters. The van der Waals surface area contributed by atoms with Crippen molar-refractivity contribution in [3.05, 3.63) is 0 Å². The summed E-state index contributed by atoms with van der Waals surface area (Å²) in [4.78, 5) is 72.9. The van der Waals surface area contributed by atoms with E-state index < -0.39 is 97.5 Å². The van der Waals surface area contributed by atoms with Crippen LogP contribution in [0.3, 0.4) is 0 Å². The first-order chi connectivity index (χ1) is 47.9. The lowest BCUT2D eigenvalue weighted by Crippen LogP contribution is -2.30. The molecule has 0 aromatic rings. The number of carbonyl (C=O) groups excluding carboxylic acids is 4. The van der Waals surface area contributed by atoms with Gasteiger partial charge in [-0.3, -0.25) is 37.3 Å². The number of hydrogen-bond acceptors (Lipinski definition) is 15. The third-order valence-electron chi connectivity index (χ3n) is 18.7. The van der Waals surface area contributed by atoms with Gasteiger partial charge in [-0.25, -0.2) is 9.13 Å². The average molecular weight is 1450 g/mol. The van der Waals surface area contributed by atoms with E-state index in [9.17, 15) is 43.2 Å². The second kappa shape index (κ2) is 71.7. The van der Waals surface area contributed by atoms with Crippen molar-refractivity contribution in [2.75, 3.05) is 39.6 Å². The van der Waals surface area contributed by atoms with Crippen LogP contribution in [0.5, 0.6) is 0 Å². The molecule has 0 radical (unpaired) electrons. The normalized spacial score (nSPS) is 13.9. The minimum Gasteiger partial charge on any atom is -0.462 e. The van der Waals surface area contributed by atoms with Crippen LogP contribution in [0.4, 0.5) is 0 Å². The number of esters is 4. The molecule has 0 fully saturated rings. The van der Waals surface area contributed by atoms with E-state index in [0.29, 0.717) is 25.7 Å². The Kier molecular flexibility index (Phi) is 70.3. The molecular weight excluding hydrogens is 1290 g/mol. The Balaban J connectivity index is 5.22. The van der Waals surface area contributed by atoms with Gasteiger partial charge < -0.3 is 33.8 Å². The molecule has 2 unspecified atom stereocenters. The summed E-state index contributed by atoms with van der Waals surface area (Å²) >= 11 is 0. The van der Waals surface area contributed by atoms with Gasteiger partial charge >= 0.3 is 39.5 Å². The Hall–Kier alpha value is -1.94. The van der Waals surface area contributed by atoms with Crippen LogP contribution in [-0.2, 0) is 65.4 Å². The molecule has 0 aromatic carbocycles. The monoisotopic (exact) mass is 1450 g/mol. The maximum Gasteiger partial charge on any atom is 0.472 e. The number of ether oxygens (including phenoxy) is 4. The number of hydrogen-bond donors (Lipinski definition) is 3. The molecule has 3 N–H and O–H groups in total. The van der Waals surface area contributed by atoms with Crippen molar-refractivity contribution >= 4 is 39.5 Å². The Morgan fingerprint density at radius 2 is 0.465 bits per heavy atom. The van der Waals surface area contributed by atoms with Crippen LogP contribution in [0, 0.1) is 11.8 Å². The van der Waals surface area contributed by atoms with Crippen molar-refractivity contribution in [1.29, 1.82) is 0 Å². The highest BCUT2D eigenvalue weighted by atomic mass is 31.2. The lowest BCUT2D eigenvalue weighted by molar-refractivity contribution is -0.161. The topological polar surface area (TPSA) is 237 Å². The molecule has 0 aliphatic rings.